The summed E-state index contributed by atoms with van der Waals surface area (Å²) < 4.78 is 5.55. The van der Waals surface area contributed by atoms with E-state index in [0.717, 1.165) is 12.8 Å². The summed E-state index contributed by atoms with van der Waals surface area (Å²) in [7, 11) is 0. The highest BCUT2D eigenvalue weighted by Crippen LogP contribution is 2.25. The topological polar surface area (TPSA) is 33.0 Å². The Bertz CT molecular complexity index is 382. The van der Waals surface area contributed by atoms with E-state index in [1.165, 1.54) is 0 Å². The number of halogens is 1. The zero-order valence-corrected chi connectivity index (χ0v) is 10.4. The number of hydrogen-bond acceptors (Lipinski definition) is 2. The third-order valence-corrected chi connectivity index (χ3v) is 2.59. The van der Waals surface area contributed by atoms with Crippen LogP contribution in [0, 0.1) is 17.2 Å². The van der Waals surface area contributed by atoms with Crippen LogP contribution in [0.2, 0.25) is 5.02 Å². The second kappa shape index (κ2) is 6.40. The molecule has 0 aliphatic carbocycles. The molecule has 0 aliphatic heterocycles. The minimum absolute atomic E-state index is 0.425. The van der Waals surface area contributed by atoms with Crippen molar-refractivity contribution < 1.29 is 4.74 Å². The maximum atomic E-state index is 8.93. The molecule has 0 saturated carbocycles. The second-order valence-electron chi connectivity index (χ2n) is 4.11. The first kappa shape index (κ1) is 12.9. The molecule has 3 heteroatoms. The highest BCUT2D eigenvalue weighted by molar-refractivity contribution is 6.31. The minimum Gasteiger partial charge on any atom is -0.492 e. The molecule has 1 aromatic carbocycles. The van der Waals surface area contributed by atoms with Crippen LogP contribution in [0.4, 0.5) is 0 Å². The highest BCUT2D eigenvalue weighted by atomic mass is 35.5. The van der Waals surface area contributed by atoms with E-state index in [0.29, 0.717) is 28.9 Å². The Hall–Kier alpha value is -1.20. The third kappa shape index (κ3) is 3.75. The fourth-order valence-electron chi connectivity index (χ4n) is 1.41. The molecule has 2 nitrogen and oxygen atoms in total. The molecule has 0 bridgehead atoms. The summed E-state index contributed by atoms with van der Waals surface area (Å²) >= 11 is 5.89. The van der Waals surface area contributed by atoms with Gasteiger partial charge in [-0.1, -0.05) is 31.5 Å². The van der Waals surface area contributed by atoms with Crippen LogP contribution in [0.5, 0.6) is 5.75 Å². The first-order valence-corrected chi connectivity index (χ1v) is 5.84. The van der Waals surface area contributed by atoms with Crippen LogP contribution >= 0.6 is 11.6 Å². The van der Waals surface area contributed by atoms with Crippen LogP contribution in [0.25, 0.3) is 0 Å². The van der Waals surface area contributed by atoms with E-state index < -0.39 is 0 Å². The predicted molar refractivity (Wildman–Crippen MR) is 65.7 cm³/mol. The van der Waals surface area contributed by atoms with Crippen LogP contribution < -0.4 is 4.74 Å². The Morgan fingerprint density at radius 1 is 1.44 bits per heavy atom. The molecule has 16 heavy (non-hydrogen) atoms. The van der Waals surface area contributed by atoms with Gasteiger partial charge in [0, 0.05) is 0 Å². The van der Waals surface area contributed by atoms with E-state index in [-0.39, 0.29) is 0 Å². The number of nitrogens with zero attached hydrogens (tertiary/aromatic N) is 1. The summed E-state index contributed by atoms with van der Waals surface area (Å²) in [5, 5.41) is 9.38. The fraction of sp³-hybridized carbons (Fsp3) is 0.462. The Labute approximate surface area is 102 Å². The summed E-state index contributed by atoms with van der Waals surface area (Å²) in [5.74, 6) is 1.26. The maximum Gasteiger partial charge on any atom is 0.138 e. The maximum absolute atomic E-state index is 8.93. The largest absolute Gasteiger partial charge is 0.492 e. The van der Waals surface area contributed by atoms with Crippen LogP contribution in [0.3, 0.4) is 0 Å². The van der Waals surface area contributed by atoms with Crippen molar-refractivity contribution in [1.82, 2.24) is 0 Å². The van der Waals surface area contributed by atoms with Gasteiger partial charge in [0.15, 0.2) is 0 Å². The number of hydrogen-bond donors (Lipinski definition) is 0. The second-order valence-corrected chi connectivity index (χ2v) is 4.52. The molecule has 0 N–H and O–H groups in total. The van der Waals surface area contributed by atoms with Crippen LogP contribution in [0.15, 0.2) is 18.2 Å². The average Bonchev–Trinajstić information content (AvgIpc) is 2.24. The van der Waals surface area contributed by atoms with Gasteiger partial charge in [-0.25, -0.2) is 0 Å². The van der Waals surface area contributed by atoms with Crippen molar-refractivity contribution >= 4 is 11.6 Å². The van der Waals surface area contributed by atoms with Crippen molar-refractivity contribution in [2.45, 2.75) is 26.7 Å². The fourth-order valence-corrected chi connectivity index (χ4v) is 1.61. The van der Waals surface area contributed by atoms with E-state index in [9.17, 15) is 0 Å². The quantitative estimate of drug-likeness (QED) is 0.725. The third-order valence-electron chi connectivity index (χ3n) is 2.27. The first-order valence-electron chi connectivity index (χ1n) is 5.46. The zero-order valence-electron chi connectivity index (χ0n) is 9.66. The van der Waals surface area contributed by atoms with Gasteiger partial charge in [-0.3, -0.25) is 0 Å². The molecular weight excluding hydrogens is 222 g/mol. The monoisotopic (exact) mass is 237 g/mol. The Morgan fingerprint density at radius 3 is 2.81 bits per heavy atom. The van der Waals surface area contributed by atoms with E-state index in [1.807, 2.05) is 0 Å². The van der Waals surface area contributed by atoms with Crippen LogP contribution in [-0.2, 0) is 0 Å². The van der Waals surface area contributed by atoms with Crippen molar-refractivity contribution in [1.29, 1.82) is 5.26 Å². The smallest absolute Gasteiger partial charge is 0.138 e. The predicted octanol–water partition coefficient (Wildman–Crippen LogP) is 4.03. The van der Waals surface area contributed by atoms with Gasteiger partial charge < -0.3 is 4.74 Å². The molecule has 0 aliphatic rings. The van der Waals surface area contributed by atoms with Gasteiger partial charge in [-0.05, 0) is 30.9 Å². The van der Waals surface area contributed by atoms with E-state index >= 15 is 0 Å². The molecule has 0 spiro atoms. The molecule has 1 aromatic rings. The number of benzene rings is 1. The van der Waals surface area contributed by atoms with E-state index in [2.05, 4.69) is 19.9 Å². The van der Waals surface area contributed by atoms with Crippen molar-refractivity contribution in [2.24, 2.45) is 5.92 Å². The summed E-state index contributed by atoms with van der Waals surface area (Å²) in [4.78, 5) is 0. The van der Waals surface area contributed by atoms with E-state index in [1.54, 1.807) is 18.2 Å². The standard InChI is InChI=1S/C13H16ClNO/c1-10(2)5-4-8-16-13-7-3-6-12(14)11(13)9-15/h3,6-7,10H,4-5,8H2,1-2H3. The van der Waals surface area contributed by atoms with Crippen molar-refractivity contribution in [2.75, 3.05) is 6.61 Å². The first-order chi connectivity index (χ1) is 7.65. The van der Waals surface area contributed by atoms with Gasteiger partial charge in [0.05, 0.1) is 11.6 Å². The average molecular weight is 238 g/mol. The molecule has 0 radical (unpaired) electrons. The van der Waals surface area contributed by atoms with Gasteiger partial charge in [0.1, 0.15) is 17.4 Å². The lowest BCUT2D eigenvalue weighted by atomic mass is 10.1. The lowest BCUT2D eigenvalue weighted by Gasteiger charge is -2.09. The van der Waals surface area contributed by atoms with Gasteiger partial charge in [0.25, 0.3) is 0 Å². The van der Waals surface area contributed by atoms with Crippen molar-refractivity contribution in [3.8, 4) is 11.8 Å². The van der Waals surface area contributed by atoms with Crippen molar-refractivity contribution in [3.63, 3.8) is 0 Å². The lowest BCUT2D eigenvalue weighted by Crippen LogP contribution is -2.01. The summed E-state index contributed by atoms with van der Waals surface area (Å²) in [6.07, 6.45) is 2.12. The molecule has 0 aromatic heterocycles. The SMILES string of the molecule is CC(C)CCCOc1cccc(Cl)c1C#N. The summed E-state index contributed by atoms with van der Waals surface area (Å²) in [6.45, 7) is 4.99. The summed E-state index contributed by atoms with van der Waals surface area (Å²) in [6, 6.07) is 7.32. The zero-order chi connectivity index (χ0) is 12.0. The number of ether oxygens (including phenoxy) is 1. The molecule has 86 valence electrons. The number of nitriles is 1. The van der Waals surface area contributed by atoms with Gasteiger partial charge in [-0.2, -0.15) is 5.26 Å². The molecule has 1 rings (SSSR count). The van der Waals surface area contributed by atoms with Gasteiger partial charge in [0.2, 0.25) is 0 Å². The van der Waals surface area contributed by atoms with Crippen LogP contribution in [-0.4, -0.2) is 6.61 Å². The Balaban J connectivity index is 2.54. The van der Waals surface area contributed by atoms with Gasteiger partial charge >= 0.3 is 0 Å². The summed E-state index contributed by atoms with van der Waals surface area (Å²) in [5.41, 5.74) is 0.425. The molecule has 0 unspecified atom stereocenters. The normalized spacial score (nSPS) is 10.2. The molecule has 0 heterocycles. The molecule has 0 fully saturated rings. The molecule has 0 atom stereocenters. The van der Waals surface area contributed by atoms with Gasteiger partial charge in [-0.15, -0.1) is 0 Å². The Kier molecular flexibility index (Phi) is 5.14. The minimum atomic E-state index is 0.425. The molecule has 0 saturated heterocycles. The molecular formula is C13H16ClNO. The lowest BCUT2D eigenvalue weighted by molar-refractivity contribution is 0.297. The van der Waals surface area contributed by atoms with Crippen molar-refractivity contribution in [3.05, 3.63) is 28.8 Å². The molecule has 0 amide bonds. The number of rotatable bonds is 5. The Morgan fingerprint density at radius 2 is 2.19 bits per heavy atom. The highest BCUT2D eigenvalue weighted by Gasteiger charge is 2.06. The van der Waals surface area contributed by atoms with Crippen LogP contribution in [0.1, 0.15) is 32.3 Å². The van der Waals surface area contributed by atoms with E-state index in [4.69, 9.17) is 21.6 Å².